The van der Waals surface area contributed by atoms with Crippen molar-refractivity contribution in [3.05, 3.63) is 66.2 Å². The van der Waals surface area contributed by atoms with E-state index in [9.17, 15) is 9.59 Å². The minimum absolute atomic E-state index is 0.0231. The first-order valence-corrected chi connectivity index (χ1v) is 9.74. The largest absolute Gasteiger partial charge is 0.493 e. The monoisotopic (exact) mass is 389 g/mol. The number of nitrogens with zero attached hydrogens (tertiary/aromatic N) is 1. The highest BCUT2D eigenvalue weighted by Gasteiger charge is 2.22. The topological polar surface area (TPSA) is 70.7 Å². The van der Waals surface area contributed by atoms with Crippen LogP contribution in [0.2, 0.25) is 0 Å². The number of para-hydroxylation sites is 2. The van der Waals surface area contributed by atoms with Gasteiger partial charge < -0.3 is 20.3 Å². The number of anilines is 2. The quantitative estimate of drug-likeness (QED) is 0.701. The Balaban J connectivity index is 1.71. The molecule has 6 nitrogen and oxygen atoms in total. The van der Waals surface area contributed by atoms with Gasteiger partial charge >= 0.3 is 0 Å². The van der Waals surface area contributed by atoms with Gasteiger partial charge in [-0.25, -0.2) is 0 Å². The Kier molecular flexibility index (Phi) is 5.33. The molecule has 1 fully saturated rings. The number of ether oxygens (including phenoxy) is 1. The van der Waals surface area contributed by atoms with E-state index in [1.165, 1.54) is 0 Å². The van der Waals surface area contributed by atoms with Crippen molar-refractivity contribution in [2.75, 3.05) is 36.5 Å². The molecule has 0 radical (unpaired) electrons. The van der Waals surface area contributed by atoms with Gasteiger partial charge in [0.1, 0.15) is 5.75 Å². The van der Waals surface area contributed by atoms with Crippen LogP contribution in [-0.2, 0) is 4.79 Å². The summed E-state index contributed by atoms with van der Waals surface area (Å²) < 4.78 is 5.74. The number of amides is 2. The fraction of sp³-hybridized carbons (Fsp3) is 0.217. The first-order chi connectivity index (χ1) is 14.2. The number of hydrogen-bond donors (Lipinski definition) is 2. The van der Waals surface area contributed by atoms with E-state index in [0.29, 0.717) is 36.7 Å². The summed E-state index contributed by atoms with van der Waals surface area (Å²) in [6.07, 6.45) is 0. The number of piperazine rings is 1. The first-order valence-electron chi connectivity index (χ1n) is 9.74. The van der Waals surface area contributed by atoms with Gasteiger partial charge in [0.25, 0.3) is 5.91 Å². The number of carbonyl (C=O) groups is 2. The highest BCUT2D eigenvalue weighted by Crippen LogP contribution is 2.31. The molecule has 148 valence electrons. The van der Waals surface area contributed by atoms with E-state index in [1.807, 2.05) is 72.5 Å². The number of fused-ring (bicyclic) bond motifs is 1. The molecule has 1 aliphatic rings. The Morgan fingerprint density at radius 2 is 1.90 bits per heavy atom. The predicted molar refractivity (Wildman–Crippen MR) is 115 cm³/mol. The Hall–Kier alpha value is -3.54. The second-order valence-corrected chi connectivity index (χ2v) is 6.84. The van der Waals surface area contributed by atoms with Crippen molar-refractivity contribution in [1.29, 1.82) is 0 Å². The van der Waals surface area contributed by atoms with E-state index in [1.54, 1.807) is 0 Å². The van der Waals surface area contributed by atoms with Gasteiger partial charge in [-0.1, -0.05) is 42.5 Å². The summed E-state index contributed by atoms with van der Waals surface area (Å²) in [5, 5.41) is 7.68. The Labute approximate surface area is 169 Å². The average Bonchev–Trinajstić information content (AvgIpc) is 2.74. The van der Waals surface area contributed by atoms with Crippen molar-refractivity contribution < 1.29 is 14.3 Å². The molecule has 0 saturated carbocycles. The summed E-state index contributed by atoms with van der Waals surface area (Å²) in [6.45, 7) is 3.91. The summed E-state index contributed by atoms with van der Waals surface area (Å²) >= 11 is 0. The maximum absolute atomic E-state index is 13.3. The predicted octanol–water partition coefficient (Wildman–Crippen LogP) is 3.43. The SMILES string of the molecule is CCOc1ccc2ccccc2c1C(=O)Nc1ccccc1N1CCNC(=O)C1. The molecule has 3 aromatic carbocycles. The molecule has 2 amide bonds. The highest BCUT2D eigenvalue weighted by atomic mass is 16.5. The molecule has 0 aromatic heterocycles. The van der Waals surface area contributed by atoms with Gasteiger partial charge in [0.2, 0.25) is 5.91 Å². The minimum atomic E-state index is -0.237. The van der Waals surface area contributed by atoms with Crippen molar-refractivity contribution in [3.8, 4) is 5.75 Å². The molecule has 1 heterocycles. The fourth-order valence-electron chi connectivity index (χ4n) is 3.65. The summed E-state index contributed by atoms with van der Waals surface area (Å²) in [5.74, 6) is 0.294. The molecule has 0 unspecified atom stereocenters. The maximum Gasteiger partial charge on any atom is 0.260 e. The fourth-order valence-corrected chi connectivity index (χ4v) is 3.65. The Morgan fingerprint density at radius 3 is 2.72 bits per heavy atom. The molecule has 0 bridgehead atoms. The van der Waals surface area contributed by atoms with E-state index < -0.39 is 0 Å². The average molecular weight is 389 g/mol. The zero-order valence-corrected chi connectivity index (χ0v) is 16.3. The third-order valence-electron chi connectivity index (χ3n) is 4.95. The second kappa shape index (κ2) is 8.22. The molecule has 1 aliphatic heterocycles. The van der Waals surface area contributed by atoms with Gasteiger partial charge in [0.15, 0.2) is 0 Å². The van der Waals surface area contributed by atoms with Crippen LogP contribution in [0.1, 0.15) is 17.3 Å². The lowest BCUT2D eigenvalue weighted by molar-refractivity contribution is -0.120. The van der Waals surface area contributed by atoms with Gasteiger partial charge in [-0.05, 0) is 35.9 Å². The third kappa shape index (κ3) is 3.87. The lowest BCUT2D eigenvalue weighted by atomic mass is 10.0. The molecule has 0 aliphatic carbocycles. The smallest absolute Gasteiger partial charge is 0.260 e. The zero-order valence-electron chi connectivity index (χ0n) is 16.3. The summed E-state index contributed by atoms with van der Waals surface area (Å²) in [6, 6.07) is 19.1. The number of rotatable bonds is 5. The summed E-state index contributed by atoms with van der Waals surface area (Å²) in [7, 11) is 0. The van der Waals surface area contributed by atoms with Crippen LogP contribution in [0.25, 0.3) is 10.8 Å². The van der Waals surface area contributed by atoms with E-state index in [2.05, 4.69) is 10.6 Å². The van der Waals surface area contributed by atoms with Gasteiger partial charge in [-0.2, -0.15) is 0 Å². The molecule has 0 atom stereocenters. The third-order valence-corrected chi connectivity index (χ3v) is 4.95. The van der Waals surface area contributed by atoms with Crippen molar-refractivity contribution >= 4 is 34.0 Å². The van der Waals surface area contributed by atoms with Crippen LogP contribution in [0, 0.1) is 0 Å². The van der Waals surface area contributed by atoms with Crippen molar-refractivity contribution in [2.24, 2.45) is 0 Å². The molecule has 6 heteroatoms. The number of benzene rings is 3. The van der Waals surface area contributed by atoms with Gasteiger partial charge in [-0.15, -0.1) is 0 Å². The van der Waals surface area contributed by atoms with Crippen molar-refractivity contribution in [1.82, 2.24) is 5.32 Å². The second-order valence-electron chi connectivity index (χ2n) is 6.84. The standard InChI is InChI=1S/C23H23N3O3/c1-2-29-20-12-11-16-7-3-4-8-17(16)22(20)23(28)25-18-9-5-6-10-19(18)26-14-13-24-21(27)15-26/h3-12H,2,13-15H2,1H3,(H,24,27)(H,25,28). The first kappa shape index (κ1) is 18.8. The molecule has 29 heavy (non-hydrogen) atoms. The van der Waals surface area contributed by atoms with E-state index in [-0.39, 0.29) is 18.4 Å². The number of nitrogens with one attached hydrogen (secondary N) is 2. The Morgan fingerprint density at radius 1 is 1.10 bits per heavy atom. The normalized spacial score (nSPS) is 13.8. The molecule has 3 aromatic rings. The van der Waals surface area contributed by atoms with Crippen molar-refractivity contribution in [2.45, 2.75) is 6.92 Å². The molecule has 0 spiro atoms. The lowest BCUT2D eigenvalue weighted by Gasteiger charge is -2.30. The minimum Gasteiger partial charge on any atom is -0.493 e. The van der Waals surface area contributed by atoms with Crippen LogP contribution in [0.5, 0.6) is 5.75 Å². The lowest BCUT2D eigenvalue weighted by Crippen LogP contribution is -2.47. The Bertz CT molecular complexity index is 1060. The molecular formula is C23H23N3O3. The van der Waals surface area contributed by atoms with E-state index >= 15 is 0 Å². The van der Waals surface area contributed by atoms with Gasteiger partial charge in [-0.3, -0.25) is 9.59 Å². The van der Waals surface area contributed by atoms with Crippen molar-refractivity contribution in [3.63, 3.8) is 0 Å². The molecule has 1 saturated heterocycles. The van der Waals surface area contributed by atoms with Crippen LogP contribution in [0.4, 0.5) is 11.4 Å². The zero-order chi connectivity index (χ0) is 20.2. The van der Waals surface area contributed by atoms with E-state index in [4.69, 9.17) is 4.74 Å². The molecular weight excluding hydrogens is 366 g/mol. The summed E-state index contributed by atoms with van der Waals surface area (Å²) in [5.41, 5.74) is 2.01. The summed E-state index contributed by atoms with van der Waals surface area (Å²) in [4.78, 5) is 27.1. The number of carbonyl (C=O) groups excluding carboxylic acids is 2. The van der Waals surface area contributed by atoms with Gasteiger partial charge in [0.05, 0.1) is 30.1 Å². The van der Waals surface area contributed by atoms with Crippen LogP contribution in [-0.4, -0.2) is 38.1 Å². The highest BCUT2D eigenvalue weighted by molar-refractivity contribution is 6.15. The number of hydrogen-bond acceptors (Lipinski definition) is 4. The van der Waals surface area contributed by atoms with E-state index in [0.717, 1.165) is 16.5 Å². The molecule has 2 N–H and O–H groups in total. The maximum atomic E-state index is 13.3. The molecule has 4 rings (SSSR count). The van der Waals surface area contributed by atoms with Crippen LogP contribution < -0.4 is 20.3 Å². The van der Waals surface area contributed by atoms with Crippen LogP contribution >= 0.6 is 0 Å². The van der Waals surface area contributed by atoms with Crippen LogP contribution in [0.3, 0.4) is 0 Å². The van der Waals surface area contributed by atoms with Crippen LogP contribution in [0.15, 0.2) is 60.7 Å². The van der Waals surface area contributed by atoms with Gasteiger partial charge in [0, 0.05) is 13.1 Å².